The van der Waals surface area contributed by atoms with E-state index in [1.807, 2.05) is 30.3 Å². The third kappa shape index (κ3) is 2.52. The predicted molar refractivity (Wildman–Crippen MR) is 98.4 cm³/mol. The Labute approximate surface area is 153 Å². The number of aromatic nitrogens is 5. The molecule has 130 valence electrons. The monoisotopic (exact) mass is 366 g/mol. The molecule has 4 aromatic rings. The molecule has 0 atom stereocenters. The maximum Gasteiger partial charge on any atom is 0.199 e. The lowest BCUT2D eigenvalue weighted by Crippen LogP contribution is -2.03. The first-order chi connectivity index (χ1) is 12.7. The molecule has 26 heavy (non-hydrogen) atoms. The Bertz CT molecular complexity index is 1110. The summed E-state index contributed by atoms with van der Waals surface area (Å²) in [6.07, 6.45) is 4.23. The minimum atomic E-state index is 0.231. The van der Waals surface area contributed by atoms with Crippen LogP contribution in [-0.4, -0.2) is 24.8 Å². The zero-order valence-electron chi connectivity index (χ0n) is 13.8. The van der Waals surface area contributed by atoms with Crippen molar-refractivity contribution >= 4 is 28.5 Å². The van der Waals surface area contributed by atoms with Crippen molar-refractivity contribution in [2.24, 2.45) is 5.92 Å². The average Bonchev–Trinajstić information content (AvgIpc) is 3.25. The quantitative estimate of drug-likeness (QED) is 0.590. The zero-order chi connectivity index (χ0) is 17.7. The topological polar surface area (TPSA) is 95.7 Å². The smallest absolute Gasteiger partial charge is 0.199 e. The van der Waals surface area contributed by atoms with Gasteiger partial charge in [0.25, 0.3) is 0 Å². The number of hydrogen-bond acceptors (Lipinski definition) is 6. The zero-order valence-corrected chi connectivity index (χ0v) is 14.5. The molecular formula is C18H15ClN6O. The van der Waals surface area contributed by atoms with Gasteiger partial charge in [-0.25, -0.2) is 9.61 Å². The predicted octanol–water partition coefficient (Wildman–Crippen LogP) is 3.79. The summed E-state index contributed by atoms with van der Waals surface area (Å²) in [5, 5.41) is 8.30. The van der Waals surface area contributed by atoms with Crippen LogP contribution in [-0.2, 0) is 6.54 Å². The van der Waals surface area contributed by atoms with Crippen LogP contribution < -0.4 is 5.73 Å². The lowest BCUT2D eigenvalue weighted by atomic mass is 10.1. The van der Waals surface area contributed by atoms with E-state index in [0.29, 0.717) is 22.5 Å². The molecule has 0 aliphatic heterocycles. The van der Waals surface area contributed by atoms with Gasteiger partial charge in [0.2, 0.25) is 0 Å². The molecule has 3 aromatic heterocycles. The van der Waals surface area contributed by atoms with Crippen molar-refractivity contribution in [3.63, 3.8) is 0 Å². The van der Waals surface area contributed by atoms with Crippen LogP contribution in [0.15, 0.2) is 41.2 Å². The number of halogens is 1. The van der Waals surface area contributed by atoms with Crippen LogP contribution in [0, 0.1) is 5.92 Å². The van der Waals surface area contributed by atoms with Crippen molar-refractivity contribution in [2.75, 3.05) is 5.73 Å². The molecule has 1 fully saturated rings. The number of nitrogen functional groups attached to an aromatic ring is 1. The van der Waals surface area contributed by atoms with Crippen LogP contribution in [0.5, 0.6) is 0 Å². The summed E-state index contributed by atoms with van der Waals surface area (Å²) in [6.45, 7) is 0.858. The van der Waals surface area contributed by atoms with Gasteiger partial charge < -0.3 is 10.3 Å². The van der Waals surface area contributed by atoms with E-state index < -0.39 is 0 Å². The highest BCUT2D eigenvalue weighted by atomic mass is 35.5. The van der Waals surface area contributed by atoms with Gasteiger partial charge in [0.1, 0.15) is 5.52 Å². The number of nitrogens with zero attached hydrogens (tertiary/aromatic N) is 5. The Morgan fingerprint density at radius 3 is 2.81 bits per heavy atom. The van der Waals surface area contributed by atoms with Crippen LogP contribution in [0.4, 0.5) is 5.82 Å². The van der Waals surface area contributed by atoms with Crippen molar-refractivity contribution in [1.82, 2.24) is 24.8 Å². The van der Waals surface area contributed by atoms with Crippen LogP contribution in [0.1, 0.15) is 12.8 Å². The van der Waals surface area contributed by atoms with Crippen molar-refractivity contribution in [2.45, 2.75) is 19.4 Å². The first-order valence-corrected chi connectivity index (χ1v) is 8.78. The summed E-state index contributed by atoms with van der Waals surface area (Å²) in [5.41, 5.74) is 9.84. The summed E-state index contributed by atoms with van der Waals surface area (Å²) >= 11 is 6.16. The van der Waals surface area contributed by atoms with Crippen molar-refractivity contribution in [3.05, 3.63) is 41.6 Å². The fraction of sp³-hybridized carbons (Fsp3) is 0.222. The van der Waals surface area contributed by atoms with Crippen molar-refractivity contribution < 1.29 is 4.63 Å². The molecule has 0 amide bonds. The Hall–Kier alpha value is -2.93. The van der Waals surface area contributed by atoms with Gasteiger partial charge >= 0.3 is 0 Å². The van der Waals surface area contributed by atoms with Crippen LogP contribution in [0.2, 0.25) is 5.02 Å². The summed E-state index contributed by atoms with van der Waals surface area (Å²) < 4.78 is 6.93. The first kappa shape index (κ1) is 15.3. The summed E-state index contributed by atoms with van der Waals surface area (Å²) in [5.74, 6) is 1.53. The molecule has 5 rings (SSSR count). The second-order valence-electron chi connectivity index (χ2n) is 6.53. The van der Waals surface area contributed by atoms with Gasteiger partial charge in [-0.2, -0.15) is 0 Å². The van der Waals surface area contributed by atoms with E-state index in [-0.39, 0.29) is 5.82 Å². The Morgan fingerprint density at radius 1 is 1.19 bits per heavy atom. The van der Waals surface area contributed by atoms with Gasteiger partial charge in [-0.1, -0.05) is 23.7 Å². The number of pyridine rings is 1. The van der Waals surface area contributed by atoms with Gasteiger partial charge in [-0.05, 0) is 47.3 Å². The molecule has 0 saturated heterocycles. The number of nitrogens with two attached hydrogens (primary N) is 1. The van der Waals surface area contributed by atoms with Gasteiger partial charge in [-0.3, -0.25) is 4.98 Å². The second-order valence-corrected chi connectivity index (χ2v) is 6.96. The summed E-state index contributed by atoms with van der Waals surface area (Å²) in [4.78, 5) is 9.36. The minimum absolute atomic E-state index is 0.231. The maximum atomic E-state index is 6.16. The van der Waals surface area contributed by atoms with Gasteiger partial charge in [0, 0.05) is 23.3 Å². The molecule has 2 N–H and O–H groups in total. The Morgan fingerprint density at radius 2 is 2.08 bits per heavy atom. The van der Waals surface area contributed by atoms with Gasteiger partial charge in [-0.15, -0.1) is 0 Å². The molecule has 1 aromatic carbocycles. The molecule has 7 nitrogen and oxygen atoms in total. The lowest BCUT2D eigenvalue weighted by Gasteiger charge is -2.07. The molecule has 1 aliphatic rings. The molecular weight excluding hydrogens is 352 g/mol. The highest BCUT2D eigenvalue weighted by molar-refractivity contribution is 6.30. The van der Waals surface area contributed by atoms with Crippen LogP contribution >= 0.6 is 11.6 Å². The fourth-order valence-electron chi connectivity index (χ4n) is 3.17. The third-order valence-electron chi connectivity index (χ3n) is 4.63. The van der Waals surface area contributed by atoms with Crippen LogP contribution in [0.3, 0.4) is 0 Å². The lowest BCUT2D eigenvalue weighted by molar-refractivity contribution is 0.310. The number of anilines is 1. The van der Waals surface area contributed by atoms with Gasteiger partial charge in [0.15, 0.2) is 17.3 Å². The maximum absolute atomic E-state index is 6.16. The highest BCUT2D eigenvalue weighted by Gasteiger charge is 2.27. The van der Waals surface area contributed by atoms with Crippen LogP contribution in [0.25, 0.3) is 33.8 Å². The normalized spacial score (nSPS) is 14.2. The van der Waals surface area contributed by atoms with E-state index in [4.69, 9.17) is 26.9 Å². The summed E-state index contributed by atoms with van der Waals surface area (Å²) in [7, 11) is 0. The number of rotatable bonds is 4. The SMILES string of the molecule is Nc1nonc1-c1nc2c(-c3cccc(Cl)c3)nccc2n1CC1CC1. The van der Waals surface area contributed by atoms with Gasteiger partial charge in [0.05, 0.1) is 11.2 Å². The standard InChI is InChI=1S/C18H15ClN6O/c19-12-3-1-2-11(8-12)14-15-13(6-7-21-14)25(9-10-4-5-10)18(22-15)16-17(20)24-26-23-16/h1-3,6-8,10H,4-5,9H2,(H2,20,24). The minimum Gasteiger partial charge on any atom is -0.379 e. The number of imidazole rings is 1. The molecule has 0 radical (unpaired) electrons. The summed E-state index contributed by atoms with van der Waals surface area (Å²) in [6, 6.07) is 9.56. The molecule has 8 heteroatoms. The molecule has 0 unspecified atom stereocenters. The Balaban J connectivity index is 1.77. The third-order valence-corrected chi connectivity index (χ3v) is 4.86. The largest absolute Gasteiger partial charge is 0.379 e. The molecule has 0 spiro atoms. The number of benzene rings is 1. The average molecular weight is 367 g/mol. The van der Waals surface area contributed by atoms with E-state index >= 15 is 0 Å². The van der Waals surface area contributed by atoms with Crippen molar-refractivity contribution in [3.8, 4) is 22.8 Å². The molecule has 3 heterocycles. The van der Waals surface area contributed by atoms with E-state index in [1.165, 1.54) is 12.8 Å². The molecule has 1 aliphatic carbocycles. The molecule has 1 saturated carbocycles. The van der Waals surface area contributed by atoms with E-state index in [9.17, 15) is 0 Å². The number of fused-ring (bicyclic) bond motifs is 1. The number of hydrogen-bond donors (Lipinski definition) is 1. The van der Waals surface area contributed by atoms with Crippen molar-refractivity contribution in [1.29, 1.82) is 0 Å². The highest BCUT2D eigenvalue weighted by Crippen LogP contribution is 2.37. The first-order valence-electron chi connectivity index (χ1n) is 8.40. The van der Waals surface area contributed by atoms with E-state index in [1.54, 1.807) is 6.20 Å². The van der Waals surface area contributed by atoms with E-state index in [2.05, 4.69) is 19.9 Å². The second kappa shape index (κ2) is 5.81. The Kier molecular flexibility index (Phi) is 3.43. The fourth-order valence-corrected chi connectivity index (χ4v) is 3.36. The molecule has 0 bridgehead atoms. The van der Waals surface area contributed by atoms with E-state index in [0.717, 1.165) is 28.8 Å².